The second-order valence-electron chi connectivity index (χ2n) is 9.80. The number of anilines is 1. The van der Waals surface area contributed by atoms with Crippen LogP contribution in [0, 0.1) is 4.64 Å². The number of nitrogens with one attached hydrogen (secondary N) is 1. The lowest BCUT2D eigenvalue weighted by Crippen LogP contribution is -2.29. The molecule has 20 heteroatoms. The highest BCUT2D eigenvalue weighted by Gasteiger charge is 2.43. The van der Waals surface area contributed by atoms with Gasteiger partial charge < -0.3 is 41.0 Å². The Kier molecular flexibility index (Phi) is 11.0. The average molecular weight is 674 g/mol. The van der Waals surface area contributed by atoms with Crippen molar-refractivity contribution in [1.29, 1.82) is 0 Å². The number of fused-ring (bicyclic) bond motifs is 1. The molecule has 0 bridgehead atoms. The van der Waals surface area contributed by atoms with Gasteiger partial charge in [0.1, 0.15) is 47.6 Å². The molecular formula is C24H36N9O8PS2. The first-order chi connectivity index (χ1) is 20.9. The van der Waals surface area contributed by atoms with Gasteiger partial charge in [-0.25, -0.2) is 24.5 Å². The van der Waals surface area contributed by atoms with E-state index in [1.54, 1.807) is 23.0 Å². The Hall–Kier alpha value is -2.71. The van der Waals surface area contributed by atoms with Crippen molar-refractivity contribution >= 4 is 65.9 Å². The van der Waals surface area contributed by atoms with E-state index in [0.29, 0.717) is 27.5 Å². The number of aromatic nitrogens is 6. The van der Waals surface area contributed by atoms with Crippen LogP contribution < -0.4 is 11.5 Å². The molecule has 242 valence electrons. The molecule has 5 heterocycles. The summed E-state index contributed by atoms with van der Waals surface area (Å²) in [6.07, 6.45) is -2.36. The predicted molar refractivity (Wildman–Crippen MR) is 166 cm³/mol. The molecule has 0 spiro atoms. The zero-order valence-electron chi connectivity index (χ0n) is 24.4. The number of hydrogen-bond donors (Lipinski definition) is 6. The van der Waals surface area contributed by atoms with Crippen molar-refractivity contribution < 1.29 is 38.2 Å². The number of thiocarbonyl (C=S) groups is 1. The molecule has 17 nitrogen and oxygen atoms in total. The van der Waals surface area contributed by atoms with Crippen molar-refractivity contribution in [3.8, 4) is 0 Å². The van der Waals surface area contributed by atoms with Crippen LogP contribution in [0.2, 0.25) is 0 Å². The van der Waals surface area contributed by atoms with Gasteiger partial charge in [0.2, 0.25) is 0 Å². The Balaban J connectivity index is 0.00000216. The van der Waals surface area contributed by atoms with Gasteiger partial charge >= 0.3 is 7.82 Å². The predicted octanol–water partition coefficient (Wildman–Crippen LogP) is 2.17. The summed E-state index contributed by atoms with van der Waals surface area (Å²) in [5.74, 6) is 0.698. The lowest BCUT2D eigenvalue weighted by molar-refractivity contribution is -0.0556. The van der Waals surface area contributed by atoms with E-state index in [-0.39, 0.29) is 29.3 Å². The monoisotopic (exact) mass is 673 g/mol. The topological polar surface area (TPSA) is 243 Å². The van der Waals surface area contributed by atoms with Crippen LogP contribution >= 0.6 is 32.3 Å². The first kappa shape index (κ1) is 34.2. The average Bonchev–Trinajstić information content (AvgIpc) is 3.73. The highest BCUT2D eigenvalue weighted by molar-refractivity contribution is 7.80. The minimum Gasteiger partial charge on any atom is -0.394 e. The van der Waals surface area contributed by atoms with E-state index in [1.165, 1.54) is 12.7 Å². The number of phosphoric acid groups is 1. The number of imidazole rings is 2. The molecule has 2 saturated heterocycles. The summed E-state index contributed by atoms with van der Waals surface area (Å²) in [4.78, 5) is 30.6. The molecule has 3 aromatic rings. The number of aliphatic imine (C=N–C) groups is 1. The van der Waals surface area contributed by atoms with Crippen LogP contribution in [0.4, 0.5) is 11.8 Å². The quantitative estimate of drug-likeness (QED) is 0.0594. The van der Waals surface area contributed by atoms with Crippen molar-refractivity contribution in [2.75, 3.05) is 18.9 Å². The number of aliphatic hydroxyl groups excluding tert-OH is 2. The van der Waals surface area contributed by atoms with Crippen LogP contribution in [0.1, 0.15) is 58.7 Å². The number of phosphoric ester groups is 1. The van der Waals surface area contributed by atoms with Crippen LogP contribution in [-0.4, -0.2) is 92.5 Å². The number of H-pyrrole nitrogens is 1. The Morgan fingerprint density at radius 2 is 1.86 bits per heavy atom. The maximum Gasteiger partial charge on any atom is 0.472 e. The summed E-state index contributed by atoms with van der Waals surface area (Å²) in [5.41, 5.74) is 12.8. The summed E-state index contributed by atoms with van der Waals surface area (Å²) in [6, 6.07) is 0. The molecule has 5 rings (SSSR count). The molecule has 0 amide bonds. The van der Waals surface area contributed by atoms with Crippen LogP contribution in [0.3, 0.4) is 0 Å². The van der Waals surface area contributed by atoms with Crippen LogP contribution in [0.15, 0.2) is 17.6 Å². The number of hydrogen-bond acceptors (Lipinski definition) is 14. The van der Waals surface area contributed by atoms with Gasteiger partial charge in [0.25, 0.3) is 0 Å². The molecule has 8 N–H and O–H groups in total. The number of aromatic amines is 1. The lowest BCUT2D eigenvalue weighted by atomic mass is 10.2. The van der Waals surface area contributed by atoms with E-state index in [4.69, 9.17) is 54.4 Å². The Labute approximate surface area is 262 Å². The SMILES string of the molecule is CC.CC(=S)c1ncn([C@H]2C[C@@H](OP(=O)(O)OCC3O[C@@H](n4cnc5c(=S)nc(N)[nH]c54)C[C@H]3O)C(CO)O2)c1/N=C(\C)N. The summed E-state index contributed by atoms with van der Waals surface area (Å²) in [7, 11) is -4.71. The standard InChI is InChI=1S/C22H30N9O8PS2.C2H6/c1-9(41)17-19(27-10(2)23)31(7-25-17)16-4-12(13(5-32)37-16)39-40(34,35)36-6-14-11(33)3-15(38-14)30-8-26-18-20(30)28-22(24)29-21(18)42;1-2/h7-8,11-16,32-33H,3-6H2,1-2H3,(H2,23,27)(H,34,35)(H3,24,28,29,42);1-2H3/t11-,12-,13?,14?,15-,16-;/m1./s1. The fourth-order valence-electron chi connectivity index (χ4n) is 4.81. The number of ether oxygens (including phenoxy) is 2. The van der Waals surface area contributed by atoms with Gasteiger partial charge in [-0.1, -0.05) is 38.3 Å². The molecule has 2 fully saturated rings. The summed E-state index contributed by atoms with van der Waals surface area (Å²) < 4.78 is 38.7. The molecular weight excluding hydrogens is 637 g/mol. The number of rotatable bonds is 10. The fraction of sp³-hybridized carbons (Fsp3) is 0.583. The van der Waals surface area contributed by atoms with E-state index in [1.807, 2.05) is 13.8 Å². The molecule has 2 aliphatic rings. The molecule has 2 aliphatic heterocycles. The third-order valence-corrected chi connectivity index (χ3v) is 8.19. The number of nitrogen functional groups attached to an aromatic ring is 1. The van der Waals surface area contributed by atoms with Crippen molar-refractivity contribution in [1.82, 2.24) is 29.1 Å². The van der Waals surface area contributed by atoms with Gasteiger partial charge in [-0.3, -0.25) is 18.2 Å². The molecule has 0 radical (unpaired) electrons. The Morgan fingerprint density at radius 3 is 2.52 bits per heavy atom. The largest absolute Gasteiger partial charge is 0.472 e. The normalized spacial score (nSPS) is 26.8. The van der Waals surface area contributed by atoms with Gasteiger partial charge in [-0.15, -0.1) is 0 Å². The molecule has 0 aromatic carbocycles. The molecule has 44 heavy (non-hydrogen) atoms. The van der Waals surface area contributed by atoms with Gasteiger partial charge in [-0.05, 0) is 13.8 Å². The van der Waals surface area contributed by atoms with Gasteiger partial charge in [0, 0.05) is 17.7 Å². The van der Waals surface area contributed by atoms with E-state index < -0.39 is 57.9 Å². The molecule has 3 aromatic heterocycles. The maximum atomic E-state index is 12.9. The highest BCUT2D eigenvalue weighted by atomic mass is 32.1. The number of amidine groups is 1. The number of nitrogens with two attached hydrogens (primary N) is 2. The number of nitrogens with zero attached hydrogens (tertiary/aromatic N) is 6. The third kappa shape index (κ3) is 7.39. The van der Waals surface area contributed by atoms with Crippen molar-refractivity contribution in [2.24, 2.45) is 10.7 Å². The van der Waals surface area contributed by atoms with E-state index in [9.17, 15) is 19.7 Å². The van der Waals surface area contributed by atoms with Gasteiger partial charge in [0.15, 0.2) is 16.4 Å². The second-order valence-corrected chi connectivity index (χ2v) is 12.2. The summed E-state index contributed by atoms with van der Waals surface area (Å²) in [6.45, 7) is 6.33. The van der Waals surface area contributed by atoms with E-state index in [0.717, 1.165) is 0 Å². The Morgan fingerprint density at radius 1 is 1.20 bits per heavy atom. The van der Waals surface area contributed by atoms with E-state index >= 15 is 0 Å². The zero-order chi connectivity index (χ0) is 32.3. The smallest absolute Gasteiger partial charge is 0.394 e. The number of aliphatic hydroxyl groups is 2. The zero-order valence-corrected chi connectivity index (χ0v) is 27.0. The van der Waals surface area contributed by atoms with Crippen molar-refractivity contribution in [2.45, 2.75) is 77.4 Å². The van der Waals surface area contributed by atoms with Crippen LogP contribution in [0.25, 0.3) is 11.2 Å². The van der Waals surface area contributed by atoms with Crippen LogP contribution in [-0.2, 0) is 23.1 Å². The molecule has 7 atom stereocenters. The van der Waals surface area contributed by atoms with Gasteiger partial charge in [-0.2, -0.15) is 0 Å². The van der Waals surface area contributed by atoms with Gasteiger partial charge in [0.05, 0.1) is 37.8 Å². The summed E-state index contributed by atoms with van der Waals surface area (Å²) in [5, 5.41) is 20.5. The molecule has 0 saturated carbocycles. The second kappa shape index (κ2) is 14.2. The van der Waals surface area contributed by atoms with E-state index in [2.05, 4.69) is 24.9 Å². The maximum absolute atomic E-state index is 12.9. The summed E-state index contributed by atoms with van der Waals surface area (Å²) >= 11 is 10.4. The van der Waals surface area contributed by atoms with Crippen LogP contribution in [0.5, 0.6) is 0 Å². The van der Waals surface area contributed by atoms with Crippen molar-refractivity contribution in [3.05, 3.63) is 23.0 Å². The fourth-order valence-corrected chi connectivity index (χ4v) is 6.17. The third-order valence-electron chi connectivity index (χ3n) is 6.70. The first-order valence-electron chi connectivity index (χ1n) is 13.7. The highest BCUT2D eigenvalue weighted by Crippen LogP contribution is 2.49. The minimum atomic E-state index is -4.71. The first-order valence-corrected chi connectivity index (χ1v) is 16.0. The lowest BCUT2D eigenvalue weighted by Gasteiger charge is -2.21. The van der Waals surface area contributed by atoms with Crippen molar-refractivity contribution in [3.63, 3.8) is 0 Å². The molecule has 0 aliphatic carbocycles. The molecule has 3 unspecified atom stereocenters. The Bertz CT molecular complexity index is 1620. The minimum absolute atomic E-state index is 0.0508.